The van der Waals surface area contributed by atoms with Gasteiger partial charge in [-0.25, -0.2) is 0 Å². The molecule has 0 saturated heterocycles. The number of nitrogens with zero attached hydrogens (tertiary/aromatic N) is 2. The van der Waals surface area contributed by atoms with Crippen LogP contribution in [0.5, 0.6) is 0 Å². The first-order valence-electron chi connectivity index (χ1n) is 7.86. The highest BCUT2D eigenvalue weighted by molar-refractivity contribution is 6.04. The first-order chi connectivity index (χ1) is 13.1. The Morgan fingerprint density at radius 3 is 2.36 bits per heavy atom. The van der Waals surface area contributed by atoms with E-state index in [0.717, 1.165) is 6.07 Å². The van der Waals surface area contributed by atoms with Crippen molar-refractivity contribution in [3.63, 3.8) is 0 Å². The smallest absolute Gasteiger partial charge is 0.333 e. The van der Waals surface area contributed by atoms with E-state index in [1.54, 1.807) is 0 Å². The van der Waals surface area contributed by atoms with Crippen molar-refractivity contribution < 1.29 is 31.3 Å². The van der Waals surface area contributed by atoms with E-state index in [4.69, 9.17) is 0 Å². The third-order valence-corrected chi connectivity index (χ3v) is 3.83. The average molecular weight is 397 g/mol. The van der Waals surface area contributed by atoms with Crippen LogP contribution in [-0.4, -0.2) is 16.0 Å². The summed E-state index contributed by atoms with van der Waals surface area (Å²) in [6.07, 6.45) is -7.43. The second-order valence-electron chi connectivity index (χ2n) is 5.82. The van der Waals surface area contributed by atoms with Crippen LogP contribution in [-0.2, 0) is 6.18 Å². The van der Waals surface area contributed by atoms with E-state index in [1.807, 2.05) is 0 Å². The lowest BCUT2D eigenvalue weighted by Crippen LogP contribution is -2.14. The third-order valence-electron chi connectivity index (χ3n) is 3.83. The Morgan fingerprint density at radius 2 is 1.79 bits per heavy atom. The van der Waals surface area contributed by atoms with Crippen molar-refractivity contribution >= 4 is 11.6 Å². The van der Waals surface area contributed by atoms with Crippen LogP contribution in [0.4, 0.5) is 27.6 Å². The summed E-state index contributed by atoms with van der Waals surface area (Å²) in [6.45, 7) is 1.32. The molecule has 1 amide bonds. The van der Waals surface area contributed by atoms with Crippen LogP contribution in [0.15, 0.2) is 47.0 Å². The molecule has 0 atom stereocenters. The molecule has 0 aliphatic heterocycles. The van der Waals surface area contributed by atoms with E-state index in [1.165, 1.54) is 43.3 Å². The monoisotopic (exact) mass is 397 g/mol. The second-order valence-corrected chi connectivity index (χ2v) is 5.82. The van der Waals surface area contributed by atoms with Crippen LogP contribution in [0.25, 0.3) is 11.4 Å². The lowest BCUT2D eigenvalue weighted by Gasteiger charge is -2.13. The largest absolute Gasteiger partial charge is 0.416 e. The number of carbonyl (C=O) groups is 1. The Bertz CT molecular complexity index is 997. The normalized spacial score (nSPS) is 11.7. The molecule has 28 heavy (non-hydrogen) atoms. The summed E-state index contributed by atoms with van der Waals surface area (Å²) in [4.78, 5) is 15.8. The van der Waals surface area contributed by atoms with E-state index < -0.39 is 30.0 Å². The highest BCUT2D eigenvalue weighted by atomic mass is 19.4. The Labute approximate surface area is 155 Å². The van der Waals surface area contributed by atoms with Crippen molar-refractivity contribution in [2.24, 2.45) is 0 Å². The maximum absolute atomic E-state index is 13.0. The van der Waals surface area contributed by atoms with Gasteiger partial charge in [0, 0.05) is 16.8 Å². The number of rotatable bonds is 4. The summed E-state index contributed by atoms with van der Waals surface area (Å²) in [5.41, 5.74) is -0.324. The zero-order chi connectivity index (χ0) is 20.5. The molecule has 1 aromatic heterocycles. The van der Waals surface area contributed by atoms with E-state index in [-0.39, 0.29) is 22.6 Å². The summed E-state index contributed by atoms with van der Waals surface area (Å²) in [6, 6.07) is 9.02. The molecule has 1 N–H and O–H groups in total. The first-order valence-corrected chi connectivity index (χ1v) is 7.86. The Morgan fingerprint density at radius 1 is 1.11 bits per heavy atom. The van der Waals surface area contributed by atoms with E-state index in [0.29, 0.717) is 5.56 Å². The minimum absolute atomic E-state index is 0.00764. The zero-order valence-electron chi connectivity index (χ0n) is 14.2. The summed E-state index contributed by atoms with van der Waals surface area (Å²) in [5, 5.41) is 5.81. The Balaban J connectivity index is 1.76. The molecule has 0 saturated carbocycles. The van der Waals surface area contributed by atoms with Gasteiger partial charge < -0.3 is 9.84 Å². The molecule has 5 nitrogen and oxygen atoms in total. The van der Waals surface area contributed by atoms with Gasteiger partial charge in [-0.1, -0.05) is 23.4 Å². The van der Waals surface area contributed by atoms with Crippen LogP contribution in [0.3, 0.4) is 0 Å². The Kier molecular flexibility index (Phi) is 5.12. The number of amides is 1. The molecule has 0 aliphatic carbocycles. The zero-order valence-corrected chi connectivity index (χ0v) is 14.2. The van der Waals surface area contributed by atoms with Crippen molar-refractivity contribution in [1.29, 1.82) is 0 Å². The molecular formula is C18H12F5N3O2. The minimum Gasteiger partial charge on any atom is -0.333 e. The number of hydrogen-bond donors (Lipinski definition) is 1. The van der Waals surface area contributed by atoms with Crippen LogP contribution in [0, 0.1) is 6.92 Å². The van der Waals surface area contributed by atoms with Gasteiger partial charge in [0.15, 0.2) is 0 Å². The van der Waals surface area contributed by atoms with Crippen molar-refractivity contribution in [2.45, 2.75) is 19.5 Å². The number of halogens is 5. The number of alkyl halides is 5. The molecule has 0 spiro atoms. The molecule has 0 aliphatic rings. The van der Waals surface area contributed by atoms with Gasteiger partial charge in [0.05, 0.1) is 5.56 Å². The number of carbonyl (C=O) groups excluding carboxylic acids is 1. The van der Waals surface area contributed by atoms with Gasteiger partial charge >= 0.3 is 12.6 Å². The highest BCUT2D eigenvalue weighted by Gasteiger charge is 2.32. The van der Waals surface area contributed by atoms with E-state index in [2.05, 4.69) is 20.0 Å². The van der Waals surface area contributed by atoms with Crippen molar-refractivity contribution in [2.75, 3.05) is 5.32 Å². The number of aryl methyl sites for hydroxylation is 1. The Hall–Kier alpha value is -3.30. The maximum atomic E-state index is 13.0. The third kappa shape index (κ3) is 4.16. The molecule has 3 aromatic rings. The molecular weight excluding hydrogens is 385 g/mol. The molecule has 2 aromatic carbocycles. The maximum Gasteiger partial charge on any atom is 0.416 e. The summed E-state index contributed by atoms with van der Waals surface area (Å²) in [7, 11) is 0. The summed E-state index contributed by atoms with van der Waals surface area (Å²) in [5.74, 6) is -1.53. The molecule has 0 bridgehead atoms. The van der Waals surface area contributed by atoms with Crippen LogP contribution < -0.4 is 5.32 Å². The molecule has 10 heteroatoms. The molecule has 0 unspecified atom stereocenters. The minimum atomic E-state index is -4.53. The van der Waals surface area contributed by atoms with Gasteiger partial charge in [0.1, 0.15) is 0 Å². The van der Waals surface area contributed by atoms with Gasteiger partial charge in [-0.2, -0.15) is 26.9 Å². The molecule has 0 fully saturated rings. The SMILES string of the molecule is Cc1ccc(NC(=O)c2ccc(-c3noc(C(F)F)n3)cc2)cc1C(F)(F)F. The summed E-state index contributed by atoms with van der Waals surface area (Å²) >= 11 is 0. The van der Waals surface area contributed by atoms with Gasteiger partial charge in [0.25, 0.3) is 11.8 Å². The van der Waals surface area contributed by atoms with Gasteiger partial charge in [0.2, 0.25) is 5.82 Å². The van der Waals surface area contributed by atoms with Crippen molar-refractivity contribution in [1.82, 2.24) is 10.1 Å². The predicted octanol–water partition coefficient (Wildman–Crippen LogP) is 5.25. The second kappa shape index (κ2) is 7.37. The fourth-order valence-corrected chi connectivity index (χ4v) is 2.42. The first kappa shape index (κ1) is 19.5. The number of benzene rings is 2. The molecule has 1 heterocycles. The number of aromatic nitrogens is 2. The molecule has 3 rings (SSSR count). The highest BCUT2D eigenvalue weighted by Crippen LogP contribution is 2.33. The van der Waals surface area contributed by atoms with Crippen LogP contribution in [0.2, 0.25) is 0 Å². The van der Waals surface area contributed by atoms with Gasteiger partial charge in [-0.15, -0.1) is 0 Å². The predicted molar refractivity (Wildman–Crippen MR) is 88.8 cm³/mol. The number of nitrogens with one attached hydrogen (secondary N) is 1. The van der Waals surface area contributed by atoms with Crippen molar-refractivity contribution in [3.05, 3.63) is 65.0 Å². The van der Waals surface area contributed by atoms with E-state index in [9.17, 15) is 26.7 Å². The lowest BCUT2D eigenvalue weighted by atomic mass is 10.1. The lowest BCUT2D eigenvalue weighted by molar-refractivity contribution is -0.138. The molecule has 0 radical (unpaired) electrons. The van der Waals surface area contributed by atoms with Gasteiger partial charge in [-0.3, -0.25) is 4.79 Å². The quantitative estimate of drug-likeness (QED) is 0.611. The van der Waals surface area contributed by atoms with Crippen LogP contribution >= 0.6 is 0 Å². The standard InChI is InChI=1S/C18H12F5N3O2/c1-9-2-7-12(8-13(9)18(21,22)23)24-16(27)11-5-3-10(4-6-11)15-25-17(14(19)20)28-26-15/h2-8,14H,1H3,(H,24,27). The summed E-state index contributed by atoms with van der Waals surface area (Å²) < 4.78 is 68.3. The fourth-order valence-electron chi connectivity index (χ4n) is 2.42. The number of anilines is 1. The average Bonchev–Trinajstić information content (AvgIpc) is 3.13. The fraction of sp³-hybridized carbons (Fsp3) is 0.167. The van der Waals surface area contributed by atoms with Crippen LogP contribution in [0.1, 0.15) is 33.8 Å². The number of hydrogen-bond acceptors (Lipinski definition) is 4. The topological polar surface area (TPSA) is 68.0 Å². The van der Waals surface area contributed by atoms with E-state index >= 15 is 0 Å². The van der Waals surface area contributed by atoms with Gasteiger partial charge in [-0.05, 0) is 36.8 Å². The van der Waals surface area contributed by atoms with Crippen molar-refractivity contribution in [3.8, 4) is 11.4 Å². The molecule has 146 valence electrons.